The second-order valence-electron chi connectivity index (χ2n) is 5.19. The van der Waals surface area contributed by atoms with Gasteiger partial charge in [0.25, 0.3) is 10.0 Å². The van der Waals surface area contributed by atoms with Crippen molar-refractivity contribution in [1.82, 2.24) is 9.71 Å². The molecule has 0 aromatic carbocycles. The molecule has 0 unspecified atom stereocenters. The number of aliphatic hydroxyl groups is 1. The molecular formula is C14H22N2O4S. The van der Waals surface area contributed by atoms with Crippen LogP contribution in [0.5, 0.6) is 0 Å². The molecule has 0 radical (unpaired) electrons. The lowest BCUT2D eigenvalue weighted by Crippen LogP contribution is -2.30. The van der Waals surface area contributed by atoms with Gasteiger partial charge >= 0.3 is 0 Å². The van der Waals surface area contributed by atoms with E-state index in [4.69, 9.17) is 9.84 Å². The zero-order chi connectivity index (χ0) is 15.1. The molecule has 0 spiro atoms. The zero-order valence-electron chi connectivity index (χ0n) is 12.0. The van der Waals surface area contributed by atoms with Crippen LogP contribution in [0.4, 0.5) is 0 Å². The summed E-state index contributed by atoms with van der Waals surface area (Å²) in [6, 6.07) is 2.93. The number of ether oxygens (including phenoxy) is 1. The van der Waals surface area contributed by atoms with E-state index < -0.39 is 10.0 Å². The van der Waals surface area contributed by atoms with Crippen LogP contribution in [0.2, 0.25) is 0 Å². The third-order valence-corrected chi connectivity index (χ3v) is 4.93. The molecule has 1 aromatic heterocycles. The molecule has 0 bridgehead atoms. The normalized spacial score (nSPS) is 17.0. The van der Waals surface area contributed by atoms with Gasteiger partial charge in [0.2, 0.25) is 0 Å². The number of hydrogen-bond donors (Lipinski definition) is 2. The Kier molecular flexibility index (Phi) is 6.10. The third kappa shape index (κ3) is 5.03. The van der Waals surface area contributed by atoms with E-state index >= 15 is 0 Å². The Morgan fingerprint density at radius 2 is 2.05 bits per heavy atom. The van der Waals surface area contributed by atoms with Gasteiger partial charge < -0.3 is 9.84 Å². The summed E-state index contributed by atoms with van der Waals surface area (Å²) in [5.41, 5.74) is 0.578. The number of rotatable bonds is 7. The van der Waals surface area contributed by atoms with Crippen LogP contribution in [0, 0.1) is 0 Å². The lowest BCUT2D eigenvalue weighted by Gasteiger charge is -2.21. The van der Waals surface area contributed by atoms with Crippen molar-refractivity contribution >= 4 is 10.0 Å². The molecule has 0 amide bonds. The van der Waals surface area contributed by atoms with Gasteiger partial charge in [0.1, 0.15) is 0 Å². The van der Waals surface area contributed by atoms with Gasteiger partial charge in [-0.05, 0) is 24.5 Å². The largest absolute Gasteiger partial charge is 0.392 e. The second-order valence-corrected chi connectivity index (χ2v) is 6.91. The molecule has 21 heavy (non-hydrogen) atoms. The highest BCUT2D eigenvalue weighted by Gasteiger charge is 2.16. The van der Waals surface area contributed by atoms with Crippen molar-refractivity contribution in [3.05, 3.63) is 23.9 Å². The van der Waals surface area contributed by atoms with E-state index in [-0.39, 0.29) is 24.3 Å². The Morgan fingerprint density at radius 1 is 1.29 bits per heavy atom. The molecule has 6 nitrogen and oxygen atoms in total. The van der Waals surface area contributed by atoms with Crippen molar-refractivity contribution in [3.8, 4) is 0 Å². The highest BCUT2D eigenvalue weighted by Crippen LogP contribution is 2.19. The average molecular weight is 314 g/mol. The third-order valence-electron chi connectivity index (χ3n) is 3.56. The fraction of sp³-hybridized carbons (Fsp3) is 0.643. The van der Waals surface area contributed by atoms with Crippen LogP contribution in [0.15, 0.2) is 23.4 Å². The molecule has 0 atom stereocenters. The molecule has 1 fully saturated rings. The van der Waals surface area contributed by atoms with E-state index in [1.807, 2.05) is 0 Å². The molecule has 1 aromatic rings. The Labute approximate surface area is 125 Å². The first-order valence-electron chi connectivity index (χ1n) is 7.29. The van der Waals surface area contributed by atoms with Crippen molar-refractivity contribution in [2.24, 2.45) is 0 Å². The predicted octanol–water partition coefficient (Wildman–Crippen LogP) is 1.20. The van der Waals surface area contributed by atoms with Gasteiger partial charge in [0, 0.05) is 12.7 Å². The number of aliphatic hydroxyl groups excluding tert-OH is 1. The van der Waals surface area contributed by atoms with Gasteiger partial charge in [0.05, 0.1) is 19.3 Å². The van der Waals surface area contributed by atoms with Crippen molar-refractivity contribution in [1.29, 1.82) is 0 Å². The van der Waals surface area contributed by atoms with E-state index in [2.05, 4.69) is 9.71 Å². The highest BCUT2D eigenvalue weighted by atomic mass is 32.2. The van der Waals surface area contributed by atoms with Crippen LogP contribution in [-0.4, -0.2) is 37.8 Å². The van der Waals surface area contributed by atoms with E-state index in [9.17, 15) is 8.42 Å². The van der Waals surface area contributed by atoms with Gasteiger partial charge in [-0.25, -0.2) is 18.1 Å². The summed E-state index contributed by atoms with van der Waals surface area (Å²) in [4.78, 5) is 3.84. The van der Waals surface area contributed by atoms with Crippen LogP contribution >= 0.6 is 0 Å². The smallest absolute Gasteiger partial charge is 0.258 e. The van der Waals surface area contributed by atoms with Crippen molar-refractivity contribution in [2.75, 3.05) is 13.2 Å². The van der Waals surface area contributed by atoms with Crippen molar-refractivity contribution in [2.45, 2.75) is 49.8 Å². The maximum Gasteiger partial charge on any atom is 0.258 e. The standard InChI is InChI=1S/C14H22N2O4S/c17-11-12-6-7-14(15-10-12)21(18,19)16-8-9-20-13-4-2-1-3-5-13/h6-7,10,13,16-17H,1-5,8-9,11H2. The average Bonchev–Trinajstić information content (AvgIpc) is 2.53. The molecule has 1 aliphatic carbocycles. The fourth-order valence-corrected chi connectivity index (χ4v) is 3.31. The minimum Gasteiger partial charge on any atom is -0.392 e. The summed E-state index contributed by atoms with van der Waals surface area (Å²) in [6.07, 6.45) is 7.41. The van der Waals surface area contributed by atoms with Crippen LogP contribution in [-0.2, 0) is 21.4 Å². The lowest BCUT2D eigenvalue weighted by molar-refractivity contribution is 0.0321. The minimum atomic E-state index is -3.61. The number of pyridine rings is 1. The molecular weight excluding hydrogens is 292 g/mol. The second kappa shape index (κ2) is 7.84. The highest BCUT2D eigenvalue weighted by molar-refractivity contribution is 7.89. The van der Waals surface area contributed by atoms with E-state index in [1.54, 1.807) is 6.07 Å². The first-order valence-corrected chi connectivity index (χ1v) is 8.77. The monoisotopic (exact) mass is 314 g/mol. The molecule has 118 valence electrons. The minimum absolute atomic E-state index is 0.0441. The Hall–Kier alpha value is -1.02. The van der Waals surface area contributed by atoms with E-state index in [1.165, 1.54) is 31.5 Å². The Morgan fingerprint density at radius 3 is 2.67 bits per heavy atom. The summed E-state index contributed by atoms with van der Waals surface area (Å²) in [6.45, 7) is 0.455. The van der Waals surface area contributed by atoms with Crippen molar-refractivity contribution in [3.63, 3.8) is 0 Å². The van der Waals surface area contributed by atoms with Gasteiger partial charge in [-0.15, -0.1) is 0 Å². The molecule has 7 heteroatoms. The van der Waals surface area contributed by atoms with Crippen LogP contribution < -0.4 is 4.72 Å². The lowest BCUT2D eigenvalue weighted by atomic mass is 9.98. The van der Waals surface area contributed by atoms with E-state index in [0.717, 1.165) is 12.8 Å². The van der Waals surface area contributed by atoms with Crippen LogP contribution in [0.1, 0.15) is 37.7 Å². The number of sulfonamides is 1. The zero-order valence-corrected chi connectivity index (χ0v) is 12.8. The van der Waals surface area contributed by atoms with Gasteiger partial charge in [-0.1, -0.05) is 25.3 Å². The first-order chi connectivity index (χ1) is 10.1. The van der Waals surface area contributed by atoms with E-state index in [0.29, 0.717) is 12.2 Å². The number of nitrogens with zero attached hydrogens (tertiary/aromatic N) is 1. The topological polar surface area (TPSA) is 88.5 Å². The first kappa shape index (κ1) is 16.4. The Balaban J connectivity index is 1.77. The number of nitrogens with one attached hydrogen (secondary N) is 1. The summed E-state index contributed by atoms with van der Waals surface area (Å²) in [7, 11) is -3.61. The molecule has 2 rings (SSSR count). The maximum atomic E-state index is 12.0. The number of aromatic nitrogens is 1. The summed E-state index contributed by atoms with van der Waals surface area (Å²) in [5, 5.41) is 8.86. The number of hydrogen-bond acceptors (Lipinski definition) is 5. The van der Waals surface area contributed by atoms with Gasteiger partial charge in [-0.2, -0.15) is 0 Å². The van der Waals surface area contributed by atoms with Crippen LogP contribution in [0.3, 0.4) is 0 Å². The Bertz CT molecular complexity index is 524. The molecule has 1 aliphatic rings. The maximum absolute atomic E-state index is 12.0. The fourth-order valence-electron chi connectivity index (χ4n) is 2.37. The quantitative estimate of drug-likeness (QED) is 0.738. The summed E-state index contributed by atoms with van der Waals surface area (Å²) >= 11 is 0. The SMILES string of the molecule is O=S(=O)(NCCOC1CCCCC1)c1ccc(CO)cn1. The molecule has 2 N–H and O–H groups in total. The molecule has 1 saturated carbocycles. The summed E-state index contributed by atoms with van der Waals surface area (Å²) < 4.78 is 32.1. The molecule has 0 aliphatic heterocycles. The van der Waals surface area contributed by atoms with Crippen molar-refractivity contribution < 1.29 is 18.3 Å². The summed E-state index contributed by atoms with van der Waals surface area (Å²) in [5.74, 6) is 0. The van der Waals surface area contributed by atoms with Gasteiger partial charge in [0.15, 0.2) is 5.03 Å². The molecule has 1 heterocycles. The predicted molar refractivity (Wildman–Crippen MR) is 78.2 cm³/mol. The van der Waals surface area contributed by atoms with Gasteiger partial charge in [-0.3, -0.25) is 0 Å². The van der Waals surface area contributed by atoms with Crippen LogP contribution in [0.25, 0.3) is 0 Å². The molecule has 0 saturated heterocycles.